The largest absolute Gasteiger partial charge is 0.465 e. The van der Waals surface area contributed by atoms with Gasteiger partial charge in [0.15, 0.2) is 4.80 Å². The van der Waals surface area contributed by atoms with E-state index in [9.17, 15) is 18.0 Å². The Morgan fingerprint density at radius 1 is 1.19 bits per heavy atom. The van der Waals surface area contributed by atoms with Crippen LogP contribution in [0.1, 0.15) is 45.1 Å². The molecule has 1 unspecified atom stereocenters. The second kappa shape index (κ2) is 10.8. The normalized spacial score (nSPS) is 17.2. The molecule has 0 bridgehead atoms. The number of sulfonamides is 1. The fraction of sp³-hybridized carbons (Fsp3) is 0.400. The molecular formula is C25H28ClN3O5S2. The van der Waals surface area contributed by atoms with Crippen LogP contribution in [0, 0.1) is 0 Å². The summed E-state index contributed by atoms with van der Waals surface area (Å²) in [6.45, 7) is 6.28. The highest BCUT2D eigenvalue weighted by atomic mass is 35.5. The summed E-state index contributed by atoms with van der Waals surface area (Å²) in [6.07, 6.45) is 0.918. The quantitative estimate of drug-likeness (QED) is 0.409. The molecule has 8 nitrogen and oxygen atoms in total. The maximum atomic E-state index is 13.4. The lowest BCUT2D eigenvalue weighted by molar-refractivity contribution is -0.143. The third-order valence-corrected chi connectivity index (χ3v) is 9.30. The molecule has 0 N–H and O–H groups in total. The standard InChI is InChI=1S/C25H28ClN3O5S2/c1-4-34-23(30)15-28-20-12-7-17(16(2)3)14-22(20)35-25(28)27-24(31)21-6-5-13-29(21)36(32,33)19-10-8-18(26)9-11-19/h7-12,14,16,21H,4-6,13,15H2,1-3H3. The molecule has 0 radical (unpaired) electrons. The number of nitrogens with zero attached hydrogens (tertiary/aromatic N) is 3. The van der Waals surface area contributed by atoms with Crippen molar-refractivity contribution in [1.29, 1.82) is 0 Å². The van der Waals surface area contributed by atoms with Gasteiger partial charge in [-0.25, -0.2) is 8.42 Å². The van der Waals surface area contributed by atoms with Crippen molar-refractivity contribution in [3.8, 4) is 0 Å². The van der Waals surface area contributed by atoms with E-state index in [2.05, 4.69) is 18.8 Å². The van der Waals surface area contributed by atoms with Gasteiger partial charge >= 0.3 is 5.97 Å². The number of carbonyl (C=O) groups excluding carboxylic acids is 2. The van der Waals surface area contributed by atoms with Crippen LogP contribution >= 0.6 is 22.9 Å². The number of esters is 1. The van der Waals surface area contributed by atoms with Crippen molar-refractivity contribution >= 4 is 55.1 Å². The summed E-state index contributed by atoms with van der Waals surface area (Å²) in [5, 5.41) is 0.425. The molecule has 11 heteroatoms. The van der Waals surface area contributed by atoms with Gasteiger partial charge in [-0.2, -0.15) is 9.30 Å². The topological polar surface area (TPSA) is 98.0 Å². The zero-order valence-electron chi connectivity index (χ0n) is 20.3. The lowest BCUT2D eigenvalue weighted by Gasteiger charge is -2.21. The number of ether oxygens (including phenoxy) is 1. The van der Waals surface area contributed by atoms with Crippen LogP contribution in [0.25, 0.3) is 10.2 Å². The Balaban J connectivity index is 1.74. The number of fused-ring (bicyclic) bond motifs is 1. The van der Waals surface area contributed by atoms with Crippen molar-refractivity contribution in [2.75, 3.05) is 13.2 Å². The number of rotatable bonds is 7. The van der Waals surface area contributed by atoms with E-state index < -0.39 is 27.9 Å². The van der Waals surface area contributed by atoms with E-state index in [1.54, 1.807) is 11.5 Å². The Labute approximate surface area is 219 Å². The van der Waals surface area contributed by atoms with Gasteiger partial charge in [-0.3, -0.25) is 9.59 Å². The third-order valence-electron chi connectivity index (χ3n) is 6.08. The Bertz CT molecular complexity index is 1460. The van der Waals surface area contributed by atoms with E-state index >= 15 is 0 Å². The van der Waals surface area contributed by atoms with E-state index in [4.69, 9.17) is 16.3 Å². The monoisotopic (exact) mass is 549 g/mol. The predicted octanol–water partition coefficient (Wildman–Crippen LogP) is 4.32. The number of carbonyl (C=O) groups is 2. The first kappa shape index (κ1) is 26.5. The van der Waals surface area contributed by atoms with Gasteiger partial charge in [-0.15, -0.1) is 0 Å². The number of hydrogen-bond acceptors (Lipinski definition) is 6. The average molecular weight is 550 g/mol. The number of aromatic nitrogens is 1. The van der Waals surface area contributed by atoms with Crippen molar-refractivity contribution < 1.29 is 22.7 Å². The first-order valence-electron chi connectivity index (χ1n) is 11.8. The fourth-order valence-electron chi connectivity index (χ4n) is 4.21. The second-order valence-corrected chi connectivity index (χ2v) is 12.2. The number of benzene rings is 2. The van der Waals surface area contributed by atoms with Gasteiger partial charge in [0.1, 0.15) is 12.6 Å². The lowest BCUT2D eigenvalue weighted by atomic mass is 10.0. The van der Waals surface area contributed by atoms with E-state index in [0.29, 0.717) is 28.6 Å². The smallest absolute Gasteiger partial charge is 0.326 e. The molecule has 0 aliphatic carbocycles. The molecule has 1 atom stereocenters. The Hall–Kier alpha value is -2.53. The van der Waals surface area contributed by atoms with Gasteiger partial charge < -0.3 is 9.30 Å². The average Bonchev–Trinajstić information content (AvgIpc) is 3.45. The molecule has 2 heterocycles. The second-order valence-electron chi connectivity index (χ2n) is 8.84. The highest BCUT2D eigenvalue weighted by molar-refractivity contribution is 7.89. The van der Waals surface area contributed by atoms with Crippen LogP contribution < -0.4 is 4.80 Å². The summed E-state index contributed by atoms with van der Waals surface area (Å²) in [6, 6.07) is 10.9. The molecule has 1 fully saturated rings. The van der Waals surface area contributed by atoms with Gasteiger partial charge in [-0.05, 0) is 67.6 Å². The van der Waals surface area contributed by atoms with Crippen molar-refractivity contribution in [3.05, 3.63) is 57.9 Å². The molecule has 2 aromatic carbocycles. The highest BCUT2D eigenvalue weighted by Crippen LogP contribution is 2.28. The summed E-state index contributed by atoms with van der Waals surface area (Å²) in [5.41, 5.74) is 1.89. The minimum Gasteiger partial charge on any atom is -0.465 e. The third kappa shape index (κ3) is 5.41. The van der Waals surface area contributed by atoms with Gasteiger partial charge in [-0.1, -0.05) is 42.9 Å². The van der Waals surface area contributed by atoms with Gasteiger partial charge in [0.2, 0.25) is 10.0 Å². The molecule has 0 spiro atoms. The van der Waals surface area contributed by atoms with Crippen LogP contribution in [-0.2, 0) is 30.9 Å². The molecular weight excluding hydrogens is 522 g/mol. The Morgan fingerprint density at radius 3 is 2.58 bits per heavy atom. The zero-order chi connectivity index (χ0) is 26.0. The van der Waals surface area contributed by atoms with E-state index in [1.807, 2.05) is 18.2 Å². The predicted molar refractivity (Wildman–Crippen MR) is 139 cm³/mol. The van der Waals surface area contributed by atoms with E-state index in [-0.39, 0.29) is 24.6 Å². The van der Waals surface area contributed by atoms with Crippen LogP contribution in [0.2, 0.25) is 5.02 Å². The summed E-state index contributed by atoms with van der Waals surface area (Å²) in [4.78, 5) is 30.4. The zero-order valence-corrected chi connectivity index (χ0v) is 22.7. The molecule has 36 heavy (non-hydrogen) atoms. The molecule has 3 aromatic rings. The summed E-state index contributed by atoms with van der Waals surface area (Å²) >= 11 is 7.20. The Morgan fingerprint density at radius 2 is 1.92 bits per heavy atom. The van der Waals surface area contributed by atoms with Crippen molar-refractivity contribution in [3.63, 3.8) is 0 Å². The van der Waals surface area contributed by atoms with Crippen LogP contribution in [0.5, 0.6) is 0 Å². The highest BCUT2D eigenvalue weighted by Gasteiger charge is 2.39. The number of thiazole rings is 1. The van der Waals surface area contributed by atoms with Gasteiger partial charge in [0.25, 0.3) is 5.91 Å². The SMILES string of the molecule is CCOC(=O)Cn1c(=NC(=O)C2CCCN2S(=O)(=O)c2ccc(Cl)cc2)sc2cc(C(C)C)ccc21. The molecule has 0 saturated carbocycles. The lowest BCUT2D eigenvalue weighted by Crippen LogP contribution is -2.40. The molecule has 1 aromatic heterocycles. The Kier molecular flexibility index (Phi) is 7.99. The number of amides is 1. The van der Waals surface area contributed by atoms with E-state index in [0.717, 1.165) is 15.8 Å². The van der Waals surface area contributed by atoms with Crippen molar-refractivity contribution in [1.82, 2.24) is 8.87 Å². The minimum atomic E-state index is -3.90. The van der Waals surface area contributed by atoms with Crippen LogP contribution in [0.15, 0.2) is 52.4 Å². The van der Waals surface area contributed by atoms with E-state index in [1.165, 1.54) is 39.9 Å². The summed E-state index contributed by atoms with van der Waals surface area (Å²) in [5.74, 6) is -0.688. The van der Waals surface area contributed by atoms with Gasteiger partial charge in [0, 0.05) is 11.6 Å². The number of halogens is 1. The molecule has 1 saturated heterocycles. The first-order chi connectivity index (χ1) is 17.1. The number of hydrogen-bond donors (Lipinski definition) is 0. The minimum absolute atomic E-state index is 0.0760. The van der Waals surface area contributed by atoms with Crippen molar-refractivity contribution in [2.24, 2.45) is 4.99 Å². The van der Waals surface area contributed by atoms with Crippen LogP contribution in [0.4, 0.5) is 0 Å². The van der Waals surface area contributed by atoms with Crippen LogP contribution in [-0.4, -0.2) is 48.4 Å². The molecule has 4 rings (SSSR count). The summed E-state index contributed by atoms with van der Waals surface area (Å²) in [7, 11) is -3.90. The maximum absolute atomic E-state index is 13.4. The summed E-state index contributed by atoms with van der Waals surface area (Å²) < 4.78 is 35.4. The van der Waals surface area contributed by atoms with Crippen molar-refractivity contribution in [2.45, 2.75) is 57.0 Å². The molecule has 1 aliphatic rings. The fourth-order valence-corrected chi connectivity index (χ4v) is 7.07. The molecule has 192 valence electrons. The molecule has 1 aliphatic heterocycles. The maximum Gasteiger partial charge on any atom is 0.326 e. The first-order valence-corrected chi connectivity index (χ1v) is 14.4. The molecule has 1 amide bonds. The van der Waals surface area contributed by atoms with Gasteiger partial charge in [0.05, 0.1) is 21.7 Å². The van der Waals surface area contributed by atoms with Crippen LogP contribution in [0.3, 0.4) is 0 Å².